The van der Waals surface area contributed by atoms with Gasteiger partial charge >= 0.3 is 0 Å². The molecule has 0 spiro atoms. The Bertz CT molecular complexity index is 1020. The molecule has 2 heterocycles. The highest BCUT2D eigenvalue weighted by atomic mass is 32.2. The Labute approximate surface area is 169 Å². The topological polar surface area (TPSA) is 138 Å². The van der Waals surface area contributed by atoms with Crippen molar-refractivity contribution in [3.05, 3.63) is 41.2 Å². The zero-order valence-corrected chi connectivity index (χ0v) is 17.3. The van der Waals surface area contributed by atoms with Crippen LogP contribution in [-0.2, 0) is 14.8 Å². The molecule has 3 rings (SSSR count). The van der Waals surface area contributed by atoms with Gasteiger partial charge in [0.05, 0.1) is 4.90 Å². The van der Waals surface area contributed by atoms with Crippen molar-refractivity contribution < 1.29 is 18.0 Å². The number of nitrogens with one attached hydrogen (secondary N) is 2. The Kier molecular flexibility index (Phi) is 6.04. The second-order valence-corrected chi connectivity index (χ2v) is 9.04. The number of primary amides is 1. The molecule has 1 aromatic carbocycles. The predicted octanol–water partition coefficient (Wildman–Crippen LogP) is 1.73. The molecular weight excluding hydrogens is 394 g/mol. The molecule has 1 saturated heterocycles. The fraction of sp³-hybridized carbons (Fsp3) is 0.421. The fourth-order valence-corrected chi connectivity index (χ4v) is 5.16. The van der Waals surface area contributed by atoms with Crippen LogP contribution in [-0.4, -0.2) is 47.8 Å². The van der Waals surface area contributed by atoms with E-state index in [4.69, 9.17) is 5.73 Å². The molecule has 1 aliphatic rings. The van der Waals surface area contributed by atoms with E-state index in [1.807, 2.05) is 0 Å². The van der Waals surface area contributed by atoms with E-state index in [9.17, 15) is 18.0 Å². The molecule has 9 nitrogen and oxygen atoms in total. The van der Waals surface area contributed by atoms with Gasteiger partial charge in [0, 0.05) is 36.8 Å². The lowest BCUT2D eigenvalue weighted by Crippen LogP contribution is -2.38. The summed E-state index contributed by atoms with van der Waals surface area (Å²) in [5.74, 6) is -0.628. The molecule has 0 unspecified atom stereocenters. The number of carbonyl (C=O) groups is 2. The first-order valence-corrected chi connectivity index (χ1v) is 10.9. The number of anilines is 1. The normalized spacial score (nSPS) is 15.9. The number of rotatable bonds is 6. The van der Waals surface area contributed by atoms with E-state index in [1.54, 1.807) is 32.0 Å². The number of amides is 2. The number of hydrogen-bond acceptors (Lipinski definition) is 5. The van der Waals surface area contributed by atoms with Gasteiger partial charge in [0.2, 0.25) is 15.9 Å². The van der Waals surface area contributed by atoms with Crippen molar-refractivity contribution >= 4 is 27.5 Å². The first-order chi connectivity index (χ1) is 13.7. The van der Waals surface area contributed by atoms with Crippen LogP contribution >= 0.6 is 0 Å². The fourth-order valence-electron chi connectivity index (χ4n) is 3.48. The molecule has 2 amide bonds. The average molecular weight is 420 g/mol. The Morgan fingerprint density at radius 1 is 1.28 bits per heavy atom. The van der Waals surface area contributed by atoms with Crippen LogP contribution < -0.4 is 11.1 Å². The number of hydrogen-bond donors (Lipinski definition) is 3. The number of benzene rings is 1. The molecule has 0 bridgehead atoms. The van der Waals surface area contributed by atoms with Crippen molar-refractivity contribution in [3.8, 4) is 0 Å². The van der Waals surface area contributed by atoms with Crippen molar-refractivity contribution in [3.63, 3.8) is 0 Å². The molecule has 2 aromatic rings. The summed E-state index contributed by atoms with van der Waals surface area (Å²) in [6.45, 7) is 4.21. The van der Waals surface area contributed by atoms with Gasteiger partial charge in [0.15, 0.2) is 0 Å². The molecule has 29 heavy (non-hydrogen) atoms. The second kappa shape index (κ2) is 8.34. The third-order valence-electron chi connectivity index (χ3n) is 5.14. The quantitative estimate of drug-likeness (QED) is 0.654. The molecular formula is C19H25N5O4S. The Balaban J connectivity index is 1.71. The highest BCUT2D eigenvalue weighted by molar-refractivity contribution is 7.89. The number of aromatic amines is 1. The summed E-state index contributed by atoms with van der Waals surface area (Å²) in [6, 6.07) is 6.44. The molecule has 0 atom stereocenters. The van der Waals surface area contributed by atoms with Gasteiger partial charge in [-0.25, -0.2) is 8.42 Å². The third-order valence-corrected chi connectivity index (χ3v) is 7.20. The van der Waals surface area contributed by atoms with E-state index in [0.29, 0.717) is 43.6 Å². The van der Waals surface area contributed by atoms with Gasteiger partial charge in [-0.15, -0.1) is 0 Å². The molecule has 10 heteroatoms. The van der Waals surface area contributed by atoms with Gasteiger partial charge in [-0.1, -0.05) is 6.92 Å². The Morgan fingerprint density at radius 3 is 2.52 bits per heavy atom. The van der Waals surface area contributed by atoms with Gasteiger partial charge in [-0.05, 0) is 49.6 Å². The maximum absolute atomic E-state index is 13.1. The van der Waals surface area contributed by atoms with Crippen LogP contribution in [0.1, 0.15) is 53.8 Å². The second-order valence-electron chi connectivity index (χ2n) is 7.13. The summed E-state index contributed by atoms with van der Waals surface area (Å²) < 4.78 is 27.7. The number of nitrogens with two attached hydrogens (primary N) is 1. The first-order valence-electron chi connectivity index (χ1n) is 9.48. The van der Waals surface area contributed by atoms with E-state index in [0.717, 1.165) is 5.69 Å². The average Bonchev–Trinajstić information content (AvgIpc) is 3.18. The number of piperidine rings is 1. The predicted molar refractivity (Wildman–Crippen MR) is 108 cm³/mol. The summed E-state index contributed by atoms with van der Waals surface area (Å²) in [6.07, 6.45) is 1.58. The van der Waals surface area contributed by atoms with Crippen molar-refractivity contribution in [2.24, 2.45) is 5.73 Å². The zero-order valence-electron chi connectivity index (χ0n) is 16.4. The minimum absolute atomic E-state index is 0.0924. The number of aryl methyl sites for hydroxylation is 1. The maximum atomic E-state index is 13.1. The molecule has 1 fully saturated rings. The van der Waals surface area contributed by atoms with Crippen LogP contribution in [0.5, 0.6) is 0 Å². The standard InChI is InChI=1S/C19H25N5O4S/c1-3-18(25)21-14-4-5-17(12(2)10-14)29(27,28)24-8-6-13(7-9-24)15-11-16(19(20)26)23-22-15/h4-5,10-11,13H,3,6-9H2,1-2H3,(H2,20,26)(H,21,25)(H,22,23). The number of carbonyl (C=O) groups excluding carboxylic acids is 2. The van der Waals surface area contributed by atoms with Crippen LogP contribution in [0.3, 0.4) is 0 Å². The largest absolute Gasteiger partial charge is 0.364 e. The van der Waals surface area contributed by atoms with Gasteiger partial charge in [-0.3, -0.25) is 14.7 Å². The van der Waals surface area contributed by atoms with E-state index in [1.165, 1.54) is 10.4 Å². The lowest BCUT2D eigenvalue weighted by molar-refractivity contribution is -0.115. The lowest BCUT2D eigenvalue weighted by atomic mass is 9.94. The molecule has 1 aromatic heterocycles. The van der Waals surface area contributed by atoms with Crippen LogP contribution in [0, 0.1) is 6.92 Å². The molecule has 0 aliphatic carbocycles. The van der Waals surface area contributed by atoms with E-state index in [2.05, 4.69) is 15.5 Å². The summed E-state index contributed by atoms with van der Waals surface area (Å²) in [5.41, 5.74) is 7.37. The van der Waals surface area contributed by atoms with E-state index in [-0.39, 0.29) is 22.4 Å². The van der Waals surface area contributed by atoms with Crippen molar-refractivity contribution in [2.75, 3.05) is 18.4 Å². The highest BCUT2D eigenvalue weighted by Crippen LogP contribution is 2.31. The van der Waals surface area contributed by atoms with E-state index < -0.39 is 15.9 Å². The minimum atomic E-state index is -3.64. The number of aromatic nitrogens is 2. The van der Waals surface area contributed by atoms with Gasteiger partial charge in [-0.2, -0.15) is 9.40 Å². The molecule has 156 valence electrons. The maximum Gasteiger partial charge on any atom is 0.269 e. The van der Waals surface area contributed by atoms with Crippen molar-refractivity contribution in [2.45, 2.75) is 43.9 Å². The summed E-state index contributed by atoms with van der Waals surface area (Å²) >= 11 is 0. The summed E-state index contributed by atoms with van der Waals surface area (Å²) in [7, 11) is -3.64. The van der Waals surface area contributed by atoms with Gasteiger partial charge in [0.25, 0.3) is 5.91 Å². The number of nitrogens with zero attached hydrogens (tertiary/aromatic N) is 2. The van der Waals surface area contributed by atoms with Gasteiger partial charge < -0.3 is 11.1 Å². The van der Waals surface area contributed by atoms with Crippen molar-refractivity contribution in [1.82, 2.24) is 14.5 Å². The SMILES string of the molecule is CCC(=O)Nc1ccc(S(=O)(=O)N2CCC(c3cc(C(N)=O)n[nH]3)CC2)c(C)c1. The minimum Gasteiger partial charge on any atom is -0.364 e. The highest BCUT2D eigenvalue weighted by Gasteiger charge is 2.31. The summed E-state index contributed by atoms with van der Waals surface area (Å²) in [4.78, 5) is 23.0. The molecule has 0 saturated carbocycles. The van der Waals surface area contributed by atoms with Gasteiger partial charge in [0.1, 0.15) is 5.69 Å². The monoisotopic (exact) mass is 419 g/mol. The van der Waals surface area contributed by atoms with Crippen molar-refractivity contribution in [1.29, 1.82) is 0 Å². The first kappa shape index (κ1) is 21.0. The van der Waals surface area contributed by atoms with Crippen LogP contribution in [0.15, 0.2) is 29.2 Å². The van der Waals surface area contributed by atoms with Crippen LogP contribution in [0.2, 0.25) is 0 Å². The van der Waals surface area contributed by atoms with E-state index >= 15 is 0 Å². The van der Waals surface area contributed by atoms with Crippen LogP contribution in [0.25, 0.3) is 0 Å². The molecule has 0 radical (unpaired) electrons. The Morgan fingerprint density at radius 2 is 1.97 bits per heavy atom. The van der Waals surface area contributed by atoms with Crippen LogP contribution in [0.4, 0.5) is 5.69 Å². The lowest BCUT2D eigenvalue weighted by Gasteiger charge is -2.31. The summed E-state index contributed by atoms with van der Waals surface area (Å²) in [5, 5.41) is 9.45. The molecule has 4 N–H and O–H groups in total. The number of H-pyrrole nitrogens is 1. The Hall–Kier alpha value is -2.72. The zero-order chi connectivity index (χ0) is 21.2. The third kappa shape index (κ3) is 4.48. The number of sulfonamides is 1. The molecule has 1 aliphatic heterocycles. The smallest absolute Gasteiger partial charge is 0.269 e.